The third-order valence-corrected chi connectivity index (χ3v) is 10.3. The minimum Gasteiger partial charge on any atom is -0.399 e. The van der Waals surface area contributed by atoms with Crippen LogP contribution in [0.2, 0.25) is 0 Å². The normalized spacial score (nSPS) is 11.3. The molecular formula is C43H57N2O5P. The van der Waals surface area contributed by atoms with Crippen LogP contribution in [-0.4, -0.2) is 6.41 Å². The number of nitrogens with zero attached hydrogens (tertiary/aromatic N) is 1. The maximum absolute atomic E-state index is 14.4. The Morgan fingerprint density at radius 1 is 0.549 bits per heavy atom. The summed E-state index contributed by atoms with van der Waals surface area (Å²) in [5, 5.41) is 0. The molecule has 1 amide bonds. The maximum Gasteiger partial charge on any atom is 0.647 e. The number of benzene rings is 4. The number of phosphoric ester groups is 1. The molecule has 0 saturated carbocycles. The Hall–Kier alpha value is -4.22. The van der Waals surface area contributed by atoms with E-state index in [2.05, 4.69) is 13.8 Å². The number of amides is 1. The molecule has 0 aromatic heterocycles. The van der Waals surface area contributed by atoms with E-state index in [9.17, 15) is 9.36 Å². The highest BCUT2D eigenvalue weighted by atomic mass is 31.2. The molecule has 2 N–H and O–H groups in total. The van der Waals surface area contributed by atoms with E-state index in [1.165, 1.54) is 93.1 Å². The van der Waals surface area contributed by atoms with Crippen molar-refractivity contribution in [2.24, 2.45) is 0 Å². The fourth-order valence-corrected chi connectivity index (χ4v) is 7.29. The Morgan fingerprint density at radius 2 is 1.00 bits per heavy atom. The highest BCUT2D eigenvalue weighted by Crippen LogP contribution is 2.50. The third-order valence-electron chi connectivity index (χ3n) is 9.01. The number of aryl methyl sites for hydroxylation is 2. The van der Waals surface area contributed by atoms with Gasteiger partial charge < -0.3 is 19.3 Å². The first-order valence-corrected chi connectivity index (χ1v) is 20.4. The SMILES string of the molecule is CCCCCCCCCc1ccc(OP(=O)(Oc2ccc(CCCCCCCCC)cc2)Oc2cccc(N(C=O)c3ccc(N)cc3)c2)cc1. The van der Waals surface area contributed by atoms with Gasteiger partial charge >= 0.3 is 7.82 Å². The molecule has 0 atom stereocenters. The predicted molar refractivity (Wildman–Crippen MR) is 211 cm³/mol. The molecule has 4 aromatic rings. The zero-order chi connectivity index (χ0) is 36.2. The fourth-order valence-electron chi connectivity index (χ4n) is 6.05. The van der Waals surface area contributed by atoms with Crippen LogP contribution in [0.15, 0.2) is 97.1 Å². The summed E-state index contributed by atoms with van der Waals surface area (Å²) >= 11 is 0. The molecular weight excluding hydrogens is 655 g/mol. The predicted octanol–water partition coefficient (Wildman–Crippen LogP) is 12.8. The van der Waals surface area contributed by atoms with Gasteiger partial charge in [0.15, 0.2) is 0 Å². The Balaban J connectivity index is 1.45. The lowest BCUT2D eigenvalue weighted by Crippen LogP contribution is -2.14. The molecule has 4 aromatic carbocycles. The highest BCUT2D eigenvalue weighted by Gasteiger charge is 2.33. The van der Waals surface area contributed by atoms with Crippen LogP contribution in [0.3, 0.4) is 0 Å². The van der Waals surface area contributed by atoms with Gasteiger partial charge in [-0.3, -0.25) is 9.69 Å². The first-order chi connectivity index (χ1) is 24.9. The van der Waals surface area contributed by atoms with E-state index in [-0.39, 0.29) is 5.75 Å². The minimum absolute atomic E-state index is 0.226. The molecule has 0 radical (unpaired) electrons. The smallest absolute Gasteiger partial charge is 0.399 e. The Bertz CT molecular complexity index is 1540. The van der Waals surface area contributed by atoms with Gasteiger partial charge in [-0.1, -0.05) is 121 Å². The number of hydrogen-bond donors (Lipinski definition) is 1. The number of nitrogen functional groups attached to an aromatic ring is 1. The van der Waals surface area contributed by atoms with Crippen molar-refractivity contribution >= 4 is 31.3 Å². The molecule has 0 aliphatic heterocycles. The summed E-state index contributed by atoms with van der Waals surface area (Å²) in [4.78, 5) is 13.6. The van der Waals surface area contributed by atoms with Gasteiger partial charge in [-0.25, -0.2) is 0 Å². The van der Waals surface area contributed by atoms with Gasteiger partial charge in [0.05, 0.1) is 5.69 Å². The fraction of sp³-hybridized carbons (Fsp3) is 0.419. The van der Waals surface area contributed by atoms with Gasteiger partial charge in [0.25, 0.3) is 0 Å². The first-order valence-electron chi connectivity index (χ1n) is 19.0. The molecule has 7 nitrogen and oxygen atoms in total. The number of carbonyl (C=O) groups is 1. The summed E-state index contributed by atoms with van der Waals surface area (Å²) in [6.07, 6.45) is 20.3. The van der Waals surface area contributed by atoms with Crippen molar-refractivity contribution in [3.05, 3.63) is 108 Å². The van der Waals surface area contributed by atoms with Crippen molar-refractivity contribution < 1.29 is 22.9 Å². The number of hydrogen-bond acceptors (Lipinski definition) is 6. The van der Waals surface area contributed by atoms with E-state index in [0.29, 0.717) is 35.0 Å². The number of phosphoric acid groups is 1. The maximum atomic E-state index is 14.4. The lowest BCUT2D eigenvalue weighted by molar-refractivity contribution is -0.106. The molecule has 0 spiro atoms. The number of carbonyl (C=O) groups excluding carboxylic acids is 1. The van der Waals surface area contributed by atoms with Gasteiger partial charge in [0.2, 0.25) is 6.41 Å². The zero-order valence-electron chi connectivity index (χ0n) is 30.6. The second-order valence-corrected chi connectivity index (χ2v) is 14.8. The second kappa shape index (κ2) is 21.9. The van der Waals surface area contributed by atoms with E-state index in [1.54, 1.807) is 48.5 Å². The van der Waals surface area contributed by atoms with Gasteiger partial charge in [0.1, 0.15) is 17.2 Å². The first kappa shape index (κ1) is 39.6. The number of unbranched alkanes of at least 4 members (excludes halogenated alkanes) is 12. The number of rotatable bonds is 25. The van der Waals surface area contributed by atoms with Crippen molar-refractivity contribution in [1.82, 2.24) is 0 Å². The van der Waals surface area contributed by atoms with Crippen LogP contribution in [-0.2, 0) is 22.2 Å². The lowest BCUT2D eigenvalue weighted by atomic mass is 10.0. The molecule has 51 heavy (non-hydrogen) atoms. The average molecular weight is 713 g/mol. The van der Waals surface area contributed by atoms with Crippen LogP contribution in [0, 0.1) is 0 Å². The largest absolute Gasteiger partial charge is 0.647 e. The number of nitrogens with two attached hydrogens (primary N) is 1. The van der Waals surface area contributed by atoms with Crippen molar-refractivity contribution in [3.63, 3.8) is 0 Å². The molecule has 0 unspecified atom stereocenters. The summed E-state index contributed by atoms with van der Waals surface area (Å²) in [6, 6.07) is 29.0. The van der Waals surface area contributed by atoms with Gasteiger partial charge in [-0.05, 0) is 97.5 Å². The quantitative estimate of drug-likeness (QED) is 0.0318. The molecule has 0 heterocycles. The van der Waals surface area contributed by atoms with Crippen LogP contribution in [0.25, 0.3) is 0 Å². The summed E-state index contributed by atoms with van der Waals surface area (Å²) < 4.78 is 32.5. The standard InChI is InChI=1S/C43H57N2O5P/c1-3-5-7-9-11-13-15-18-36-22-30-41(31-23-36)48-51(47,49-42-32-24-37(25-33-42)19-16-14-12-10-8-6-4-2)50-43-21-17-20-40(34-43)45(35-46)39-28-26-38(44)27-29-39/h17,20-35H,3-16,18-19,44H2,1-2H3. The minimum atomic E-state index is -4.26. The van der Waals surface area contributed by atoms with E-state index < -0.39 is 7.82 Å². The molecule has 0 fully saturated rings. The van der Waals surface area contributed by atoms with Gasteiger partial charge in [-0.2, -0.15) is 4.57 Å². The Morgan fingerprint density at radius 3 is 1.47 bits per heavy atom. The van der Waals surface area contributed by atoms with Gasteiger partial charge in [0, 0.05) is 17.4 Å². The summed E-state index contributed by atoms with van der Waals surface area (Å²) in [5.41, 5.74) is 9.99. The van der Waals surface area contributed by atoms with Crippen LogP contribution in [0.4, 0.5) is 17.1 Å². The molecule has 8 heteroatoms. The Labute approximate surface area is 306 Å². The van der Waals surface area contributed by atoms with E-state index in [1.807, 2.05) is 48.5 Å². The molecule has 0 aliphatic carbocycles. The second-order valence-electron chi connectivity index (χ2n) is 13.3. The van der Waals surface area contributed by atoms with Gasteiger partial charge in [-0.15, -0.1) is 0 Å². The van der Waals surface area contributed by atoms with Crippen LogP contribution < -0.4 is 24.2 Å². The zero-order valence-corrected chi connectivity index (χ0v) is 31.5. The van der Waals surface area contributed by atoms with Crippen molar-refractivity contribution in [2.75, 3.05) is 10.6 Å². The van der Waals surface area contributed by atoms with Crippen LogP contribution >= 0.6 is 7.82 Å². The van der Waals surface area contributed by atoms with Crippen molar-refractivity contribution in [2.45, 2.75) is 117 Å². The van der Waals surface area contributed by atoms with Crippen LogP contribution in [0.5, 0.6) is 17.2 Å². The molecule has 274 valence electrons. The highest BCUT2D eigenvalue weighted by molar-refractivity contribution is 7.49. The topological polar surface area (TPSA) is 91.1 Å². The average Bonchev–Trinajstić information content (AvgIpc) is 3.13. The van der Waals surface area contributed by atoms with Crippen molar-refractivity contribution in [1.29, 1.82) is 0 Å². The summed E-state index contributed by atoms with van der Waals surface area (Å²) in [7, 11) is -4.26. The lowest BCUT2D eigenvalue weighted by Gasteiger charge is -2.22. The molecule has 4 rings (SSSR count). The molecule has 0 aliphatic rings. The monoisotopic (exact) mass is 712 g/mol. The molecule has 0 bridgehead atoms. The third kappa shape index (κ3) is 14.1. The van der Waals surface area contributed by atoms with E-state index >= 15 is 0 Å². The summed E-state index contributed by atoms with van der Waals surface area (Å²) in [5.74, 6) is 0.985. The van der Waals surface area contributed by atoms with Crippen molar-refractivity contribution in [3.8, 4) is 17.2 Å². The molecule has 0 saturated heterocycles. The Kier molecular flexibility index (Phi) is 17.0. The van der Waals surface area contributed by atoms with Crippen LogP contribution in [0.1, 0.15) is 115 Å². The number of anilines is 3. The van der Waals surface area contributed by atoms with E-state index in [4.69, 9.17) is 19.3 Å². The van der Waals surface area contributed by atoms with E-state index in [0.717, 1.165) is 25.7 Å². The summed E-state index contributed by atoms with van der Waals surface area (Å²) in [6.45, 7) is 4.48.